The van der Waals surface area contributed by atoms with Crippen LogP contribution in [-0.4, -0.2) is 46.1 Å². The molecule has 20 heavy (non-hydrogen) atoms. The van der Waals surface area contributed by atoms with Crippen LogP contribution in [0.2, 0.25) is 0 Å². The zero-order chi connectivity index (χ0) is 15.3. The van der Waals surface area contributed by atoms with Crippen LogP contribution in [0.3, 0.4) is 0 Å². The van der Waals surface area contributed by atoms with Crippen molar-refractivity contribution in [2.45, 2.75) is 6.92 Å². The number of hydrogen-bond donors (Lipinski definition) is 4. The van der Waals surface area contributed by atoms with Crippen LogP contribution >= 0.6 is 0 Å². The first-order valence-electron chi connectivity index (χ1n) is 5.75. The Morgan fingerprint density at radius 3 is 2.45 bits per heavy atom. The summed E-state index contributed by atoms with van der Waals surface area (Å²) in [4.78, 5) is 34.5. The van der Waals surface area contributed by atoms with E-state index in [0.29, 0.717) is 0 Å². The van der Waals surface area contributed by atoms with Gasteiger partial charge < -0.3 is 26.2 Å². The summed E-state index contributed by atoms with van der Waals surface area (Å²) >= 11 is 0. The Hall–Kier alpha value is -2.77. The Labute approximate surface area is 114 Å². The van der Waals surface area contributed by atoms with Gasteiger partial charge in [0.15, 0.2) is 0 Å². The molecule has 0 heterocycles. The number of carbonyl (C=O) groups excluding carboxylic acids is 2. The largest absolute Gasteiger partial charge is 0.507 e. The molecule has 0 bridgehead atoms. The zero-order valence-electron chi connectivity index (χ0n) is 10.8. The molecule has 1 rings (SSSR count). The first kappa shape index (κ1) is 15.3. The summed E-state index contributed by atoms with van der Waals surface area (Å²) in [7, 11) is 0. The lowest BCUT2D eigenvalue weighted by atomic mass is 10.2. The van der Waals surface area contributed by atoms with E-state index in [2.05, 4.69) is 5.32 Å². The Bertz CT molecular complexity index is 544. The molecule has 0 saturated carbocycles. The summed E-state index contributed by atoms with van der Waals surface area (Å²) in [5.74, 6) is -2.39. The van der Waals surface area contributed by atoms with Gasteiger partial charge in [0, 0.05) is 18.3 Å². The number of aromatic carboxylic acids is 1. The van der Waals surface area contributed by atoms with Gasteiger partial charge in [0.05, 0.1) is 0 Å². The Morgan fingerprint density at radius 2 is 2.00 bits per heavy atom. The molecule has 1 aromatic rings. The van der Waals surface area contributed by atoms with Gasteiger partial charge in [-0.25, -0.2) is 9.59 Å². The number of nitrogens with one attached hydrogen (secondary N) is 1. The lowest BCUT2D eigenvalue weighted by Crippen LogP contribution is -2.40. The fraction of sp³-hybridized carbons (Fsp3) is 0.250. The minimum absolute atomic E-state index is 0.209. The van der Waals surface area contributed by atoms with Gasteiger partial charge in [-0.3, -0.25) is 4.79 Å². The minimum Gasteiger partial charge on any atom is -0.507 e. The maximum atomic E-state index is 11.8. The van der Waals surface area contributed by atoms with E-state index in [9.17, 15) is 19.5 Å². The number of anilines is 1. The maximum absolute atomic E-state index is 11.8. The summed E-state index contributed by atoms with van der Waals surface area (Å²) in [5.41, 5.74) is 4.95. The van der Waals surface area contributed by atoms with Gasteiger partial charge >= 0.3 is 12.0 Å². The third-order valence-electron chi connectivity index (χ3n) is 2.50. The first-order chi connectivity index (χ1) is 9.35. The van der Waals surface area contributed by atoms with Crippen LogP contribution in [0.1, 0.15) is 17.3 Å². The van der Waals surface area contributed by atoms with Crippen LogP contribution in [0.5, 0.6) is 5.75 Å². The van der Waals surface area contributed by atoms with Crippen LogP contribution < -0.4 is 11.1 Å². The molecule has 0 aromatic heterocycles. The van der Waals surface area contributed by atoms with Gasteiger partial charge in [-0.05, 0) is 19.1 Å². The van der Waals surface area contributed by atoms with Gasteiger partial charge in [0.25, 0.3) is 0 Å². The molecular formula is C12H15N3O5. The molecule has 8 nitrogen and oxygen atoms in total. The van der Waals surface area contributed by atoms with Crippen molar-refractivity contribution in [2.24, 2.45) is 5.73 Å². The van der Waals surface area contributed by atoms with E-state index in [0.717, 1.165) is 12.1 Å². The summed E-state index contributed by atoms with van der Waals surface area (Å²) in [6.07, 6.45) is 0. The molecule has 0 unspecified atom stereocenters. The number of rotatable bonds is 5. The number of amides is 3. The predicted molar refractivity (Wildman–Crippen MR) is 70.5 cm³/mol. The average molecular weight is 281 g/mol. The van der Waals surface area contributed by atoms with Crippen molar-refractivity contribution < 1.29 is 24.6 Å². The van der Waals surface area contributed by atoms with Crippen LogP contribution in [0.25, 0.3) is 0 Å². The number of aromatic hydroxyl groups is 1. The summed E-state index contributed by atoms with van der Waals surface area (Å²) < 4.78 is 0. The summed E-state index contributed by atoms with van der Waals surface area (Å²) in [5, 5.41) is 20.7. The van der Waals surface area contributed by atoms with Crippen molar-refractivity contribution in [3.63, 3.8) is 0 Å². The lowest BCUT2D eigenvalue weighted by molar-refractivity contribution is -0.118. The van der Waals surface area contributed by atoms with E-state index in [1.807, 2.05) is 0 Å². The minimum atomic E-state index is -1.27. The van der Waals surface area contributed by atoms with E-state index >= 15 is 0 Å². The molecule has 0 spiro atoms. The second-order valence-electron chi connectivity index (χ2n) is 3.95. The number of carbonyl (C=O) groups is 3. The number of carboxylic acids is 1. The molecule has 0 fully saturated rings. The number of urea groups is 1. The van der Waals surface area contributed by atoms with Crippen LogP contribution in [0.15, 0.2) is 18.2 Å². The standard InChI is InChI=1S/C12H15N3O5/c1-2-15(6-10(13)17)12(20)14-7-3-4-8(11(18)19)9(16)5-7/h3-5,16H,2,6H2,1H3,(H2,13,17)(H,14,20)(H,18,19). The number of benzene rings is 1. The fourth-order valence-corrected chi connectivity index (χ4v) is 1.51. The Morgan fingerprint density at radius 1 is 1.35 bits per heavy atom. The molecular weight excluding hydrogens is 266 g/mol. The SMILES string of the molecule is CCN(CC(N)=O)C(=O)Nc1ccc(C(=O)O)c(O)c1. The molecule has 8 heteroatoms. The molecule has 1 aromatic carbocycles. The third kappa shape index (κ3) is 3.87. The molecule has 0 aliphatic rings. The van der Waals surface area contributed by atoms with Gasteiger partial charge in [-0.15, -0.1) is 0 Å². The molecule has 108 valence electrons. The van der Waals surface area contributed by atoms with Crippen molar-refractivity contribution in [3.8, 4) is 5.75 Å². The number of carboxylic acid groups (broad SMARTS) is 1. The Balaban J connectivity index is 2.82. The smallest absolute Gasteiger partial charge is 0.339 e. The summed E-state index contributed by atoms with van der Waals surface area (Å²) in [6, 6.07) is 3.03. The highest BCUT2D eigenvalue weighted by molar-refractivity contribution is 5.95. The monoisotopic (exact) mass is 281 g/mol. The van der Waals surface area contributed by atoms with Crippen molar-refractivity contribution in [2.75, 3.05) is 18.4 Å². The van der Waals surface area contributed by atoms with Gasteiger partial charge in [0.1, 0.15) is 17.9 Å². The highest BCUT2D eigenvalue weighted by atomic mass is 16.4. The van der Waals surface area contributed by atoms with Crippen LogP contribution in [-0.2, 0) is 4.79 Å². The van der Waals surface area contributed by atoms with Gasteiger partial charge in [0.2, 0.25) is 5.91 Å². The molecule has 0 aliphatic heterocycles. The number of primary amides is 1. The van der Waals surface area contributed by atoms with Crippen molar-refractivity contribution in [1.82, 2.24) is 4.90 Å². The van der Waals surface area contributed by atoms with Gasteiger partial charge in [-0.2, -0.15) is 0 Å². The third-order valence-corrected chi connectivity index (χ3v) is 2.50. The highest BCUT2D eigenvalue weighted by Gasteiger charge is 2.15. The van der Waals surface area contributed by atoms with Crippen molar-refractivity contribution in [1.29, 1.82) is 0 Å². The average Bonchev–Trinajstić information content (AvgIpc) is 2.35. The normalized spacial score (nSPS) is 9.85. The number of likely N-dealkylation sites (N-methyl/N-ethyl adjacent to an activating group) is 1. The molecule has 0 radical (unpaired) electrons. The van der Waals surface area contributed by atoms with Crippen molar-refractivity contribution in [3.05, 3.63) is 23.8 Å². The number of nitrogens with two attached hydrogens (primary N) is 1. The molecule has 0 atom stereocenters. The quantitative estimate of drug-likeness (QED) is 0.621. The van der Waals surface area contributed by atoms with E-state index in [4.69, 9.17) is 10.8 Å². The Kier molecular flexibility index (Phi) is 4.90. The fourth-order valence-electron chi connectivity index (χ4n) is 1.51. The van der Waals surface area contributed by atoms with Gasteiger partial charge in [-0.1, -0.05) is 0 Å². The van der Waals surface area contributed by atoms with E-state index < -0.39 is 23.7 Å². The lowest BCUT2D eigenvalue weighted by Gasteiger charge is -2.19. The molecule has 3 amide bonds. The maximum Gasteiger partial charge on any atom is 0.339 e. The van der Waals surface area contributed by atoms with E-state index in [1.165, 1.54) is 11.0 Å². The topological polar surface area (TPSA) is 133 Å². The zero-order valence-corrected chi connectivity index (χ0v) is 10.8. The van der Waals surface area contributed by atoms with Crippen LogP contribution in [0.4, 0.5) is 10.5 Å². The number of hydrogen-bond acceptors (Lipinski definition) is 4. The second-order valence-corrected chi connectivity index (χ2v) is 3.95. The second kappa shape index (κ2) is 6.41. The summed E-state index contributed by atoms with van der Waals surface area (Å²) in [6.45, 7) is 1.71. The molecule has 0 aliphatic carbocycles. The molecule has 0 saturated heterocycles. The number of nitrogens with zero attached hydrogens (tertiary/aromatic N) is 1. The molecule has 5 N–H and O–H groups in total. The van der Waals surface area contributed by atoms with E-state index in [-0.39, 0.29) is 24.3 Å². The van der Waals surface area contributed by atoms with Crippen LogP contribution in [0, 0.1) is 0 Å². The van der Waals surface area contributed by atoms with E-state index in [1.54, 1.807) is 6.92 Å². The first-order valence-corrected chi connectivity index (χ1v) is 5.75. The number of phenols is 1. The van der Waals surface area contributed by atoms with Crippen molar-refractivity contribution >= 4 is 23.6 Å². The predicted octanol–water partition coefficient (Wildman–Crippen LogP) is 0.429. The highest BCUT2D eigenvalue weighted by Crippen LogP contribution is 2.22.